The minimum Gasteiger partial charge on any atom is -0.326 e. The number of nitrogens with two attached hydrogens (primary N) is 1. The van der Waals surface area contributed by atoms with Gasteiger partial charge in [0.05, 0.1) is 0 Å². The second-order valence-electron chi connectivity index (χ2n) is 5.53. The Labute approximate surface area is 102 Å². The first kappa shape index (κ1) is 14.0. The molecule has 96 valence electrons. The van der Waals surface area contributed by atoms with Crippen molar-refractivity contribution >= 4 is 0 Å². The van der Waals surface area contributed by atoms with Crippen molar-refractivity contribution in [1.29, 1.82) is 0 Å². The predicted octanol–water partition coefficient (Wildman–Crippen LogP) is 3.01. The number of unbranched alkanes of at least 4 members (excludes halogenated alkanes) is 1. The van der Waals surface area contributed by atoms with Gasteiger partial charge in [-0.1, -0.05) is 33.1 Å². The molecule has 0 aromatic heterocycles. The maximum Gasteiger partial charge on any atom is 0.0246 e. The summed E-state index contributed by atoms with van der Waals surface area (Å²) in [5, 5.41) is 0. The maximum absolute atomic E-state index is 6.27. The molecule has 1 aliphatic carbocycles. The third kappa shape index (κ3) is 4.06. The summed E-state index contributed by atoms with van der Waals surface area (Å²) in [4.78, 5) is 2.51. The predicted molar refractivity (Wildman–Crippen MR) is 71.6 cm³/mol. The summed E-state index contributed by atoms with van der Waals surface area (Å²) < 4.78 is 0. The molecule has 2 heteroatoms. The van der Waals surface area contributed by atoms with Crippen LogP contribution in [-0.4, -0.2) is 30.6 Å². The van der Waals surface area contributed by atoms with Crippen molar-refractivity contribution in [2.75, 3.05) is 13.6 Å². The van der Waals surface area contributed by atoms with Crippen LogP contribution >= 0.6 is 0 Å². The van der Waals surface area contributed by atoms with Gasteiger partial charge in [-0.05, 0) is 45.2 Å². The summed E-state index contributed by atoms with van der Waals surface area (Å²) in [7, 11) is 2.26. The van der Waals surface area contributed by atoms with Crippen LogP contribution in [-0.2, 0) is 0 Å². The molecule has 0 radical (unpaired) electrons. The first-order valence-electron chi connectivity index (χ1n) is 7.14. The Bertz CT molecular complexity index is 182. The lowest BCUT2D eigenvalue weighted by atomic mass is 9.80. The van der Waals surface area contributed by atoms with Crippen molar-refractivity contribution < 1.29 is 0 Å². The molecule has 0 aromatic carbocycles. The van der Waals surface area contributed by atoms with Gasteiger partial charge in [0.2, 0.25) is 0 Å². The lowest BCUT2D eigenvalue weighted by Gasteiger charge is -2.39. The second-order valence-corrected chi connectivity index (χ2v) is 5.53. The standard InChI is InChI=1S/C14H30N2/c1-4-6-10-16(3)14-11-12(7-5-2)8-9-13(14)15/h12-14H,4-11,15H2,1-3H3. The SMILES string of the molecule is CCCCN(C)C1CC(CCC)CCC1N. The van der Waals surface area contributed by atoms with Crippen molar-refractivity contribution in [3.8, 4) is 0 Å². The fourth-order valence-electron chi connectivity index (χ4n) is 3.01. The van der Waals surface area contributed by atoms with Gasteiger partial charge in [0.15, 0.2) is 0 Å². The van der Waals surface area contributed by atoms with Crippen LogP contribution in [0.1, 0.15) is 58.8 Å². The van der Waals surface area contributed by atoms with Crippen molar-refractivity contribution in [3.63, 3.8) is 0 Å². The molecule has 0 heterocycles. The summed E-state index contributed by atoms with van der Waals surface area (Å²) >= 11 is 0. The van der Waals surface area contributed by atoms with Crippen LogP contribution in [0.4, 0.5) is 0 Å². The molecule has 0 aliphatic heterocycles. The van der Waals surface area contributed by atoms with Gasteiger partial charge in [-0.25, -0.2) is 0 Å². The quantitative estimate of drug-likeness (QED) is 0.754. The molecular formula is C14H30N2. The topological polar surface area (TPSA) is 29.3 Å². The molecule has 0 amide bonds. The van der Waals surface area contributed by atoms with Gasteiger partial charge in [-0.15, -0.1) is 0 Å². The third-order valence-corrected chi connectivity index (χ3v) is 4.10. The summed E-state index contributed by atoms with van der Waals surface area (Å²) in [5.74, 6) is 0.930. The van der Waals surface area contributed by atoms with Crippen LogP contribution in [0, 0.1) is 5.92 Å². The smallest absolute Gasteiger partial charge is 0.0246 e. The van der Waals surface area contributed by atoms with E-state index >= 15 is 0 Å². The molecule has 2 N–H and O–H groups in total. The highest BCUT2D eigenvalue weighted by Gasteiger charge is 2.29. The summed E-state index contributed by atoms with van der Waals surface area (Å²) in [6.07, 6.45) is 9.22. The lowest BCUT2D eigenvalue weighted by molar-refractivity contribution is 0.131. The molecule has 0 aromatic rings. The normalized spacial score (nSPS) is 30.9. The number of nitrogens with zero attached hydrogens (tertiary/aromatic N) is 1. The van der Waals surface area contributed by atoms with Crippen molar-refractivity contribution in [2.24, 2.45) is 11.7 Å². The molecule has 3 unspecified atom stereocenters. The first-order chi connectivity index (χ1) is 7.69. The fourth-order valence-corrected chi connectivity index (χ4v) is 3.01. The van der Waals surface area contributed by atoms with Crippen LogP contribution < -0.4 is 5.73 Å². The minimum absolute atomic E-state index is 0.412. The van der Waals surface area contributed by atoms with E-state index in [0.29, 0.717) is 12.1 Å². The van der Waals surface area contributed by atoms with E-state index in [4.69, 9.17) is 5.73 Å². The molecule has 2 nitrogen and oxygen atoms in total. The average molecular weight is 226 g/mol. The first-order valence-corrected chi connectivity index (χ1v) is 7.14. The van der Waals surface area contributed by atoms with E-state index in [2.05, 4.69) is 25.8 Å². The Morgan fingerprint density at radius 1 is 1.19 bits per heavy atom. The molecule has 1 fully saturated rings. The second kappa shape index (κ2) is 7.29. The van der Waals surface area contributed by atoms with Gasteiger partial charge in [0, 0.05) is 12.1 Å². The third-order valence-electron chi connectivity index (χ3n) is 4.10. The van der Waals surface area contributed by atoms with Crippen molar-refractivity contribution in [2.45, 2.75) is 70.9 Å². The zero-order valence-electron chi connectivity index (χ0n) is 11.4. The van der Waals surface area contributed by atoms with E-state index in [1.807, 2.05) is 0 Å². The number of hydrogen-bond acceptors (Lipinski definition) is 2. The monoisotopic (exact) mass is 226 g/mol. The van der Waals surface area contributed by atoms with Gasteiger partial charge in [-0.3, -0.25) is 0 Å². The largest absolute Gasteiger partial charge is 0.326 e. The molecule has 0 saturated heterocycles. The number of likely N-dealkylation sites (N-methyl/N-ethyl adjacent to an activating group) is 1. The Morgan fingerprint density at radius 3 is 2.56 bits per heavy atom. The summed E-state index contributed by atoms with van der Waals surface area (Å²) in [6.45, 7) is 5.77. The van der Waals surface area contributed by atoms with Gasteiger partial charge in [-0.2, -0.15) is 0 Å². The van der Waals surface area contributed by atoms with Crippen molar-refractivity contribution in [3.05, 3.63) is 0 Å². The van der Waals surface area contributed by atoms with E-state index in [9.17, 15) is 0 Å². The van der Waals surface area contributed by atoms with E-state index < -0.39 is 0 Å². The zero-order chi connectivity index (χ0) is 12.0. The van der Waals surface area contributed by atoms with Gasteiger partial charge in [0.25, 0.3) is 0 Å². The molecule has 3 atom stereocenters. The van der Waals surface area contributed by atoms with Crippen LogP contribution in [0.2, 0.25) is 0 Å². The fraction of sp³-hybridized carbons (Fsp3) is 1.00. The molecular weight excluding hydrogens is 196 g/mol. The molecule has 1 rings (SSSR count). The molecule has 1 aliphatic rings. The van der Waals surface area contributed by atoms with Gasteiger partial charge < -0.3 is 10.6 Å². The minimum atomic E-state index is 0.412. The zero-order valence-corrected chi connectivity index (χ0v) is 11.4. The van der Waals surface area contributed by atoms with Crippen LogP contribution in [0.3, 0.4) is 0 Å². The Morgan fingerprint density at radius 2 is 1.94 bits per heavy atom. The molecule has 0 bridgehead atoms. The van der Waals surface area contributed by atoms with Crippen LogP contribution in [0.15, 0.2) is 0 Å². The van der Waals surface area contributed by atoms with E-state index in [-0.39, 0.29) is 0 Å². The highest BCUT2D eigenvalue weighted by Crippen LogP contribution is 2.29. The van der Waals surface area contributed by atoms with E-state index in [0.717, 1.165) is 5.92 Å². The van der Waals surface area contributed by atoms with Crippen LogP contribution in [0.25, 0.3) is 0 Å². The number of rotatable bonds is 6. The van der Waals surface area contributed by atoms with Gasteiger partial charge >= 0.3 is 0 Å². The van der Waals surface area contributed by atoms with E-state index in [1.165, 1.54) is 51.5 Å². The lowest BCUT2D eigenvalue weighted by Crippen LogP contribution is -2.50. The van der Waals surface area contributed by atoms with E-state index in [1.54, 1.807) is 0 Å². The maximum atomic E-state index is 6.27. The van der Waals surface area contributed by atoms with Crippen molar-refractivity contribution in [1.82, 2.24) is 4.90 Å². The summed E-state index contributed by atoms with van der Waals surface area (Å²) in [5.41, 5.74) is 6.27. The molecule has 16 heavy (non-hydrogen) atoms. The summed E-state index contributed by atoms with van der Waals surface area (Å²) in [6, 6.07) is 1.05. The highest BCUT2D eigenvalue weighted by atomic mass is 15.1. The Hall–Kier alpha value is -0.0800. The highest BCUT2D eigenvalue weighted by molar-refractivity contribution is 4.88. The van der Waals surface area contributed by atoms with Gasteiger partial charge in [0.1, 0.15) is 0 Å². The average Bonchev–Trinajstić information content (AvgIpc) is 2.29. The number of hydrogen-bond donors (Lipinski definition) is 1. The molecule has 0 spiro atoms. The Balaban J connectivity index is 2.41. The Kier molecular flexibility index (Phi) is 6.37. The molecule has 1 saturated carbocycles. The van der Waals surface area contributed by atoms with Crippen LogP contribution in [0.5, 0.6) is 0 Å².